The number of benzene rings is 3. The first-order valence-electron chi connectivity index (χ1n) is 9.18. The van der Waals surface area contributed by atoms with Gasteiger partial charge >= 0.3 is 0 Å². The Morgan fingerprint density at radius 2 is 1.69 bits per heavy atom. The Labute approximate surface area is 176 Å². The molecule has 3 aromatic carbocycles. The topological polar surface area (TPSA) is 53.6 Å². The molecule has 0 aromatic heterocycles. The molecule has 0 saturated heterocycles. The molecule has 0 aliphatic heterocycles. The highest BCUT2D eigenvalue weighted by Crippen LogP contribution is 2.17. The molecule has 0 aliphatic rings. The number of thiocarbonyl (C=S) groups is 1. The molecular formula is C23H23N3O2S. The van der Waals surface area contributed by atoms with E-state index in [1.807, 2.05) is 79.7 Å². The second-order valence-corrected chi connectivity index (χ2v) is 7.06. The van der Waals surface area contributed by atoms with Crippen molar-refractivity contribution in [2.45, 2.75) is 6.61 Å². The molecule has 0 fully saturated rings. The number of carbonyl (C=O) groups is 1. The number of carbonyl (C=O) groups excluding carboxylic acids is 1. The lowest BCUT2D eigenvalue weighted by Crippen LogP contribution is -2.34. The van der Waals surface area contributed by atoms with Gasteiger partial charge in [0.1, 0.15) is 12.4 Å². The SMILES string of the molecule is CN(C)c1ccc(NC(=S)NC(=O)c2cccc(OCc3ccccc3)c2)cc1. The Morgan fingerprint density at radius 3 is 2.38 bits per heavy atom. The van der Waals surface area contributed by atoms with E-state index in [0.29, 0.717) is 17.9 Å². The molecule has 0 radical (unpaired) electrons. The third-order valence-corrected chi connectivity index (χ3v) is 4.42. The maximum Gasteiger partial charge on any atom is 0.257 e. The van der Waals surface area contributed by atoms with Crippen LogP contribution >= 0.6 is 12.2 Å². The van der Waals surface area contributed by atoms with Crippen molar-refractivity contribution in [3.8, 4) is 5.75 Å². The molecule has 0 bridgehead atoms. The van der Waals surface area contributed by atoms with Crippen molar-refractivity contribution >= 4 is 34.6 Å². The van der Waals surface area contributed by atoms with E-state index in [1.165, 1.54) is 0 Å². The van der Waals surface area contributed by atoms with Crippen LogP contribution in [0.1, 0.15) is 15.9 Å². The standard InChI is InChI=1S/C23H23N3O2S/c1-26(2)20-13-11-19(12-14-20)24-23(29)25-22(27)18-9-6-10-21(15-18)28-16-17-7-4-3-5-8-17/h3-15H,16H2,1-2H3,(H2,24,25,27,29). The quantitative estimate of drug-likeness (QED) is 0.593. The largest absolute Gasteiger partial charge is 0.489 e. The fourth-order valence-corrected chi connectivity index (χ4v) is 2.86. The van der Waals surface area contributed by atoms with Crippen LogP contribution in [-0.2, 0) is 6.61 Å². The molecule has 3 rings (SSSR count). The van der Waals surface area contributed by atoms with Gasteiger partial charge in [0.05, 0.1) is 0 Å². The van der Waals surface area contributed by atoms with Gasteiger partial charge in [-0.3, -0.25) is 10.1 Å². The first-order valence-corrected chi connectivity index (χ1v) is 9.58. The van der Waals surface area contributed by atoms with Gasteiger partial charge in [0, 0.05) is 31.0 Å². The van der Waals surface area contributed by atoms with Gasteiger partial charge < -0.3 is 15.0 Å². The van der Waals surface area contributed by atoms with Crippen molar-refractivity contribution in [3.05, 3.63) is 90.0 Å². The molecule has 0 spiro atoms. The summed E-state index contributed by atoms with van der Waals surface area (Å²) >= 11 is 5.26. The predicted molar refractivity (Wildman–Crippen MR) is 122 cm³/mol. The maximum atomic E-state index is 12.5. The highest BCUT2D eigenvalue weighted by Gasteiger charge is 2.09. The van der Waals surface area contributed by atoms with Crippen LogP contribution in [0.15, 0.2) is 78.9 Å². The van der Waals surface area contributed by atoms with Crippen LogP contribution in [-0.4, -0.2) is 25.1 Å². The Hall–Kier alpha value is -3.38. The molecule has 148 valence electrons. The molecule has 6 heteroatoms. The second-order valence-electron chi connectivity index (χ2n) is 6.65. The van der Waals surface area contributed by atoms with E-state index in [0.717, 1.165) is 16.9 Å². The summed E-state index contributed by atoms with van der Waals surface area (Å²) in [5.74, 6) is 0.331. The van der Waals surface area contributed by atoms with E-state index in [4.69, 9.17) is 17.0 Å². The molecule has 0 atom stereocenters. The molecule has 0 aliphatic carbocycles. The van der Waals surface area contributed by atoms with Crippen molar-refractivity contribution in [3.63, 3.8) is 0 Å². The zero-order chi connectivity index (χ0) is 20.6. The molecule has 29 heavy (non-hydrogen) atoms. The summed E-state index contributed by atoms with van der Waals surface area (Å²) in [4.78, 5) is 14.5. The zero-order valence-electron chi connectivity index (χ0n) is 16.4. The molecular weight excluding hydrogens is 382 g/mol. The van der Waals surface area contributed by atoms with Crippen LogP contribution in [0.3, 0.4) is 0 Å². The molecule has 1 amide bonds. The number of anilines is 2. The molecule has 0 saturated carbocycles. The first kappa shape index (κ1) is 20.4. The average Bonchev–Trinajstić information content (AvgIpc) is 2.73. The Balaban J connectivity index is 1.56. The maximum absolute atomic E-state index is 12.5. The van der Waals surface area contributed by atoms with Gasteiger partial charge in [0.15, 0.2) is 5.11 Å². The van der Waals surface area contributed by atoms with E-state index in [2.05, 4.69) is 10.6 Å². The Morgan fingerprint density at radius 1 is 0.966 bits per heavy atom. The van der Waals surface area contributed by atoms with Crippen LogP contribution < -0.4 is 20.3 Å². The van der Waals surface area contributed by atoms with Gasteiger partial charge in [0.2, 0.25) is 0 Å². The highest BCUT2D eigenvalue weighted by molar-refractivity contribution is 7.80. The normalized spacial score (nSPS) is 10.1. The lowest BCUT2D eigenvalue weighted by Gasteiger charge is -2.14. The van der Waals surface area contributed by atoms with Crippen LogP contribution in [0, 0.1) is 0 Å². The number of nitrogens with zero attached hydrogens (tertiary/aromatic N) is 1. The van der Waals surface area contributed by atoms with E-state index >= 15 is 0 Å². The summed E-state index contributed by atoms with van der Waals surface area (Å²) < 4.78 is 5.78. The van der Waals surface area contributed by atoms with Crippen molar-refractivity contribution in [1.29, 1.82) is 0 Å². The summed E-state index contributed by atoms with van der Waals surface area (Å²) in [7, 11) is 3.95. The van der Waals surface area contributed by atoms with Gasteiger partial charge in [-0.15, -0.1) is 0 Å². The molecule has 3 aromatic rings. The van der Waals surface area contributed by atoms with Crippen LogP contribution in [0.5, 0.6) is 5.75 Å². The molecule has 5 nitrogen and oxygen atoms in total. The zero-order valence-corrected chi connectivity index (χ0v) is 17.2. The molecule has 0 heterocycles. The second kappa shape index (κ2) is 9.71. The van der Waals surface area contributed by atoms with Crippen molar-refractivity contribution in [1.82, 2.24) is 5.32 Å². The van der Waals surface area contributed by atoms with E-state index in [1.54, 1.807) is 18.2 Å². The molecule has 0 unspecified atom stereocenters. The van der Waals surface area contributed by atoms with Crippen molar-refractivity contribution in [2.75, 3.05) is 24.3 Å². The number of amides is 1. The number of hydrogen-bond acceptors (Lipinski definition) is 4. The predicted octanol–water partition coefficient (Wildman–Crippen LogP) is 4.46. The monoisotopic (exact) mass is 405 g/mol. The van der Waals surface area contributed by atoms with E-state index in [-0.39, 0.29) is 11.0 Å². The third-order valence-electron chi connectivity index (χ3n) is 4.21. The summed E-state index contributed by atoms with van der Waals surface area (Å²) in [6.07, 6.45) is 0. The lowest BCUT2D eigenvalue weighted by molar-refractivity contribution is 0.0977. The van der Waals surface area contributed by atoms with Crippen LogP contribution in [0.4, 0.5) is 11.4 Å². The Kier molecular flexibility index (Phi) is 6.81. The smallest absolute Gasteiger partial charge is 0.257 e. The fraction of sp³-hybridized carbons (Fsp3) is 0.130. The third kappa shape index (κ3) is 6.05. The number of hydrogen-bond donors (Lipinski definition) is 2. The minimum atomic E-state index is -0.294. The van der Waals surface area contributed by atoms with Crippen LogP contribution in [0.2, 0.25) is 0 Å². The van der Waals surface area contributed by atoms with Gasteiger partial charge in [-0.25, -0.2) is 0 Å². The lowest BCUT2D eigenvalue weighted by atomic mass is 10.2. The number of ether oxygens (including phenoxy) is 1. The van der Waals surface area contributed by atoms with Crippen LogP contribution in [0.25, 0.3) is 0 Å². The number of rotatable bonds is 6. The van der Waals surface area contributed by atoms with Gasteiger partial charge in [-0.1, -0.05) is 36.4 Å². The average molecular weight is 406 g/mol. The van der Waals surface area contributed by atoms with E-state index < -0.39 is 0 Å². The minimum absolute atomic E-state index is 0.239. The fourth-order valence-electron chi connectivity index (χ4n) is 2.65. The van der Waals surface area contributed by atoms with Gasteiger partial charge in [-0.05, 0) is 60.2 Å². The summed E-state index contributed by atoms with van der Waals surface area (Å²) in [5, 5.41) is 5.96. The highest BCUT2D eigenvalue weighted by atomic mass is 32.1. The van der Waals surface area contributed by atoms with Crippen molar-refractivity contribution < 1.29 is 9.53 Å². The van der Waals surface area contributed by atoms with Gasteiger partial charge in [0.25, 0.3) is 5.91 Å². The summed E-state index contributed by atoms with van der Waals surface area (Å²) in [6.45, 7) is 0.439. The number of nitrogens with one attached hydrogen (secondary N) is 2. The summed E-state index contributed by atoms with van der Waals surface area (Å²) in [5.41, 5.74) is 3.43. The Bertz CT molecular complexity index is 973. The first-order chi connectivity index (χ1) is 14.0. The minimum Gasteiger partial charge on any atom is -0.489 e. The van der Waals surface area contributed by atoms with Crippen molar-refractivity contribution in [2.24, 2.45) is 0 Å². The van der Waals surface area contributed by atoms with E-state index in [9.17, 15) is 4.79 Å². The molecule has 2 N–H and O–H groups in total. The van der Waals surface area contributed by atoms with Gasteiger partial charge in [-0.2, -0.15) is 0 Å². The summed E-state index contributed by atoms with van der Waals surface area (Å²) in [6, 6.07) is 24.7.